The smallest absolute Gasteiger partial charge is 0.329 e. The molecule has 0 fully saturated rings. The molecule has 0 unspecified atom stereocenters. The Balaban J connectivity index is 2.10. The Kier molecular flexibility index (Phi) is 8.49. The third kappa shape index (κ3) is 6.52. The summed E-state index contributed by atoms with van der Waals surface area (Å²) in [5.74, 6) is -1.49. The largest absolute Gasteiger partial charge is 0.497 e. The molecule has 176 valence electrons. The standard InChI is InChI=1S/C23H26N2O8/c1-13(2)21(24-22(27)16-8-17(31-4)11-18(9-16)32-5)23(28)33-12-20(26)15-7-6-14(3)19(10-15)25(29)30/h6-11,13,21H,12H2,1-5H3,(H,24,27)/t21-/m0/s1. The Morgan fingerprint density at radius 3 is 2.12 bits per heavy atom. The van der Waals surface area contributed by atoms with E-state index in [1.165, 1.54) is 38.5 Å². The number of Topliss-reactive ketones (excluding diaryl/α,β-unsaturated/α-hetero) is 1. The summed E-state index contributed by atoms with van der Waals surface area (Å²) in [6.45, 7) is 4.36. The normalized spacial score (nSPS) is 11.5. The van der Waals surface area contributed by atoms with Gasteiger partial charge in [-0.3, -0.25) is 19.7 Å². The average molecular weight is 458 g/mol. The van der Waals surface area contributed by atoms with E-state index >= 15 is 0 Å². The average Bonchev–Trinajstić information content (AvgIpc) is 2.79. The van der Waals surface area contributed by atoms with Crippen molar-refractivity contribution in [3.63, 3.8) is 0 Å². The number of benzene rings is 2. The van der Waals surface area contributed by atoms with Gasteiger partial charge in [0.2, 0.25) is 5.78 Å². The number of ether oxygens (including phenoxy) is 3. The van der Waals surface area contributed by atoms with Crippen LogP contribution < -0.4 is 14.8 Å². The second-order valence-electron chi connectivity index (χ2n) is 7.59. The van der Waals surface area contributed by atoms with Crippen molar-refractivity contribution in [2.24, 2.45) is 5.92 Å². The van der Waals surface area contributed by atoms with Crippen LogP contribution in [0.25, 0.3) is 0 Å². The highest BCUT2D eigenvalue weighted by Crippen LogP contribution is 2.23. The fraction of sp³-hybridized carbons (Fsp3) is 0.348. The lowest BCUT2D eigenvalue weighted by Crippen LogP contribution is -2.45. The van der Waals surface area contributed by atoms with Gasteiger partial charge in [-0.1, -0.05) is 26.0 Å². The van der Waals surface area contributed by atoms with Crippen molar-refractivity contribution in [2.75, 3.05) is 20.8 Å². The van der Waals surface area contributed by atoms with Gasteiger partial charge in [0, 0.05) is 28.8 Å². The molecule has 0 bridgehead atoms. The number of carbonyl (C=O) groups is 3. The molecule has 0 spiro atoms. The van der Waals surface area contributed by atoms with E-state index in [-0.39, 0.29) is 22.7 Å². The zero-order valence-corrected chi connectivity index (χ0v) is 19.0. The van der Waals surface area contributed by atoms with Crippen LogP contribution in [-0.2, 0) is 9.53 Å². The Morgan fingerprint density at radius 2 is 1.61 bits per heavy atom. The van der Waals surface area contributed by atoms with Gasteiger partial charge >= 0.3 is 5.97 Å². The Labute approximate surface area is 191 Å². The van der Waals surface area contributed by atoms with Gasteiger partial charge in [0.05, 0.1) is 19.1 Å². The van der Waals surface area contributed by atoms with E-state index in [2.05, 4.69) is 5.32 Å². The van der Waals surface area contributed by atoms with Crippen LogP contribution in [0.4, 0.5) is 5.69 Å². The van der Waals surface area contributed by atoms with Crippen molar-refractivity contribution in [3.8, 4) is 11.5 Å². The number of nitro benzene ring substituents is 1. The lowest BCUT2D eigenvalue weighted by atomic mass is 10.0. The van der Waals surface area contributed by atoms with Crippen LogP contribution in [0.2, 0.25) is 0 Å². The summed E-state index contributed by atoms with van der Waals surface area (Å²) in [5, 5.41) is 13.7. The van der Waals surface area contributed by atoms with Crippen LogP contribution in [-0.4, -0.2) is 49.5 Å². The number of esters is 1. The van der Waals surface area contributed by atoms with Crippen LogP contribution >= 0.6 is 0 Å². The maximum atomic E-state index is 12.7. The van der Waals surface area contributed by atoms with E-state index in [4.69, 9.17) is 14.2 Å². The Bertz CT molecular complexity index is 1040. The summed E-state index contributed by atoms with van der Waals surface area (Å²) in [7, 11) is 2.90. The van der Waals surface area contributed by atoms with Gasteiger partial charge in [0.1, 0.15) is 17.5 Å². The molecule has 33 heavy (non-hydrogen) atoms. The molecule has 0 aliphatic carbocycles. The SMILES string of the molecule is COc1cc(OC)cc(C(=O)N[C@H](C(=O)OCC(=O)c2ccc(C)c([N+](=O)[O-])c2)C(C)C)c1. The highest BCUT2D eigenvalue weighted by atomic mass is 16.6. The number of ketones is 1. The van der Waals surface area contributed by atoms with Gasteiger partial charge in [-0.25, -0.2) is 4.79 Å². The zero-order chi connectivity index (χ0) is 24.7. The molecule has 0 saturated carbocycles. The molecule has 2 aromatic carbocycles. The fourth-order valence-corrected chi connectivity index (χ4v) is 2.95. The van der Waals surface area contributed by atoms with Crippen molar-refractivity contribution in [1.29, 1.82) is 0 Å². The monoisotopic (exact) mass is 458 g/mol. The molecule has 1 N–H and O–H groups in total. The first kappa shape index (κ1) is 25.3. The highest BCUT2D eigenvalue weighted by Gasteiger charge is 2.27. The van der Waals surface area contributed by atoms with Crippen LogP contribution in [0.15, 0.2) is 36.4 Å². The van der Waals surface area contributed by atoms with Gasteiger partial charge in [0.25, 0.3) is 11.6 Å². The first-order valence-electron chi connectivity index (χ1n) is 10.1. The van der Waals surface area contributed by atoms with Crippen molar-refractivity contribution >= 4 is 23.3 Å². The van der Waals surface area contributed by atoms with Gasteiger partial charge < -0.3 is 19.5 Å². The second-order valence-corrected chi connectivity index (χ2v) is 7.59. The van der Waals surface area contributed by atoms with Crippen molar-refractivity contribution in [3.05, 3.63) is 63.2 Å². The van der Waals surface area contributed by atoms with E-state index in [0.717, 1.165) is 6.07 Å². The summed E-state index contributed by atoms with van der Waals surface area (Å²) >= 11 is 0. The highest BCUT2D eigenvalue weighted by molar-refractivity contribution is 6.00. The van der Waals surface area contributed by atoms with E-state index in [1.54, 1.807) is 26.8 Å². The Morgan fingerprint density at radius 1 is 1.00 bits per heavy atom. The maximum absolute atomic E-state index is 12.7. The van der Waals surface area contributed by atoms with E-state index in [9.17, 15) is 24.5 Å². The number of rotatable bonds is 10. The number of aryl methyl sites for hydroxylation is 1. The lowest BCUT2D eigenvalue weighted by Gasteiger charge is -2.21. The molecule has 2 rings (SSSR count). The molecule has 1 atom stereocenters. The molecule has 10 nitrogen and oxygen atoms in total. The van der Waals surface area contributed by atoms with Crippen LogP contribution in [0, 0.1) is 23.0 Å². The van der Waals surface area contributed by atoms with Crippen molar-refractivity contribution in [1.82, 2.24) is 5.32 Å². The number of amides is 1. The number of hydrogen-bond acceptors (Lipinski definition) is 8. The minimum Gasteiger partial charge on any atom is -0.497 e. The summed E-state index contributed by atoms with van der Waals surface area (Å²) in [4.78, 5) is 48.2. The molecule has 10 heteroatoms. The van der Waals surface area contributed by atoms with Gasteiger partial charge in [0.15, 0.2) is 6.61 Å². The molecule has 1 amide bonds. The number of nitrogens with one attached hydrogen (secondary N) is 1. The molecular formula is C23H26N2O8. The molecule has 0 aromatic heterocycles. The van der Waals surface area contributed by atoms with Gasteiger partial charge in [-0.05, 0) is 25.0 Å². The number of hydrogen-bond donors (Lipinski definition) is 1. The summed E-state index contributed by atoms with van der Waals surface area (Å²) in [5.41, 5.74) is 0.472. The third-order valence-electron chi connectivity index (χ3n) is 4.89. The third-order valence-corrected chi connectivity index (χ3v) is 4.89. The number of methoxy groups -OCH3 is 2. The zero-order valence-electron chi connectivity index (χ0n) is 19.0. The fourth-order valence-electron chi connectivity index (χ4n) is 2.95. The molecule has 0 radical (unpaired) electrons. The molecule has 0 aliphatic rings. The summed E-state index contributed by atoms with van der Waals surface area (Å²) in [6, 6.07) is 7.58. The number of carbonyl (C=O) groups excluding carboxylic acids is 3. The maximum Gasteiger partial charge on any atom is 0.329 e. The van der Waals surface area contributed by atoms with Crippen molar-refractivity contribution in [2.45, 2.75) is 26.8 Å². The first-order valence-corrected chi connectivity index (χ1v) is 10.1. The number of nitro groups is 1. The van der Waals surface area contributed by atoms with Crippen molar-refractivity contribution < 1.29 is 33.5 Å². The minimum absolute atomic E-state index is 0.0497. The van der Waals surface area contributed by atoms with E-state index in [1.807, 2.05) is 0 Å². The van der Waals surface area contributed by atoms with Crippen LogP contribution in [0.5, 0.6) is 11.5 Å². The molecular weight excluding hydrogens is 432 g/mol. The molecule has 2 aromatic rings. The lowest BCUT2D eigenvalue weighted by molar-refractivity contribution is -0.385. The summed E-state index contributed by atoms with van der Waals surface area (Å²) < 4.78 is 15.4. The van der Waals surface area contributed by atoms with E-state index in [0.29, 0.717) is 17.1 Å². The van der Waals surface area contributed by atoms with Crippen LogP contribution in [0.1, 0.15) is 40.1 Å². The van der Waals surface area contributed by atoms with Crippen LogP contribution in [0.3, 0.4) is 0 Å². The predicted molar refractivity (Wildman–Crippen MR) is 119 cm³/mol. The summed E-state index contributed by atoms with van der Waals surface area (Å²) in [6.07, 6.45) is 0. The van der Waals surface area contributed by atoms with Gasteiger partial charge in [-0.15, -0.1) is 0 Å². The quantitative estimate of drug-likeness (QED) is 0.248. The number of nitrogens with zero attached hydrogens (tertiary/aromatic N) is 1. The first-order chi connectivity index (χ1) is 15.6. The molecule has 0 heterocycles. The molecule has 0 aliphatic heterocycles. The van der Waals surface area contributed by atoms with E-state index < -0.39 is 35.2 Å². The topological polar surface area (TPSA) is 134 Å². The molecule has 0 saturated heterocycles. The predicted octanol–water partition coefficient (Wildman–Crippen LogP) is 3.10. The van der Waals surface area contributed by atoms with Gasteiger partial charge in [-0.2, -0.15) is 0 Å². The minimum atomic E-state index is -1.03. The second kappa shape index (κ2) is 11.1. The Hall–Kier alpha value is -3.95.